The number of aromatic nitrogens is 3. The highest BCUT2D eigenvalue weighted by Gasteiger charge is 2.43. The fraction of sp³-hybridized carbons (Fsp3) is 0.476. The molecule has 168 valence electrons. The van der Waals surface area contributed by atoms with Gasteiger partial charge < -0.3 is 26.0 Å². The van der Waals surface area contributed by atoms with Gasteiger partial charge in [-0.25, -0.2) is 9.97 Å². The van der Waals surface area contributed by atoms with Crippen molar-refractivity contribution >= 4 is 35.1 Å². The Balaban J connectivity index is 1.38. The molecule has 0 spiro atoms. The monoisotopic (exact) mass is 438 g/mol. The summed E-state index contributed by atoms with van der Waals surface area (Å²) in [5.41, 5.74) is 6.46. The zero-order chi connectivity index (χ0) is 22.1. The molecule has 5 rings (SSSR count). The van der Waals surface area contributed by atoms with Gasteiger partial charge in [-0.2, -0.15) is 4.98 Å². The normalized spacial score (nSPS) is 21.2. The molecule has 1 atom stereocenters. The molecule has 0 radical (unpaired) electrons. The van der Waals surface area contributed by atoms with Crippen LogP contribution in [0.15, 0.2) is 24.5 Å². The van der Waals surface area contributed by atoms with Crippen LogP contribution in [0.1, 0.15) is 25.7 Å². The number of nitrogens with two attached hydrogens (primary N) is 1. The molecular weight excluding hydrogens is 412 g/mol. The summed E-state index contributed by atoms with van der Waals surface area (Å²) in [7, 11) is 0. The Morgan fingerprint density at radius 2 is 1.94 bits per heavy atom. The summed E-state index contributed by atoms with van der Waals surface area (Å²) in [5.74, 6) is 0.222. The average molecular weight is 438 g/mol. The first-order valence-electron chi connectivity index (χ1n) is 10.9. The fourth-order valence-electron chi connectivity index (χ4n) is 4.47. The Bertz CT molecular complexity index is 1000. The van der Waals surface area contributed by atoms with E-state index in [9.17, 15) is 9.59 Å². The zero-order valence-corrected chi connectivity index (χ0v) is 17.7. The number of nitrogens with one attached hydrogen (secondary N) is 2. The maximum absolute atomic E-state index is 13.0. The van der Waals surface area contributed by atoms with E-state index in [1.54, 1.807) is 4.90 Å². The largest absolute Gasteiger partial charge is 0.465 e. The quantitative estimate of drug-likeness (QED) is 0.571. The number of carbonyl (C=O) groups is 2. The third kappa shape index (κ3) is 3.91. The highest BCUT2D eigenvalue weighted by molar-refractivity contribution is 6.12. The number of amides is 2. The Hall–Kier alpha value is -3.47. The van der Waals surface area contributed by atoms with E-state index in [2.05, 4.69) is 30.5 Å². The van der Waals surface area contributed by atoms with Crippen LogP contribution in [0.5, 0.6) is 5.75 Å². The Morgan fingerprint density at radius 1 is 1.16 bits per heavy atom. The van der Waals surface area contributed by atoms with Crippen LogP contribution in [0.25, 0.3) is 0 Å². The molecule has 2 amide bonds. The van der Waals surface area contributed by atoms with Crippen LogP contribution in [0, 0.1) is 0 Å². The van der Waals surface area contributed by atoms with E-state index in [0.29, 0.717) is 17.6 Å². The number of carbonyl (C=O) groups excluding carboxylic acids is 2. The first kappa shape index (κ1) is 20.4. The zero-order valence-electron chi connectivity index (χ0n) is 17.7. The number of piperazine rings is 1. The van der Waals surface area contributed by atoms with E-state index in [-0.39, 0.29) is 11.8 Å². The van der Waals surface area contributed by atoms with Gasteiger partial charge in [0.05, 0.1) is 18.1 Å². The Morgan fingerprint density at radius 3 is 2.62 bits per heavy atom. The smallest absolute Gasteiger partial charge is 0.279 e. The Labute approximate surface area is 185 Å². The van der Waals surface area contributed by atoms with Gasteiger partial charge in [-0.15, -0.1) is 0 Å². The predicted octanol–water partition coefficient (Wildman–Crippen LogP) is 0.547. The molecule has 2 fully saturated rings. The minimum absolute atomic E-state index is 0.0359. The van der Waals surface area contributed by atoms with Crippen LogP contribution < -0.4 is 30.9 Å². The number of nitrogens with zero attached hydrogens (tertiary/aromatic N) is 5. The molecule has 2 aromatic heterocycles. The number of rotatable bonds is 5. The molecule has 4 N–H and O–H groups in total. The van der Waals surface area contributed by atoms with Gasteiger partial charge in [0.25, 0.3) is 17.9 Å². The van der Waals surface area contributed by atoms with Crippen LogP contribution in [0.3, 0.4) is 0 Å². The summed E-state index contributed by atoms with van der Waals surface area (Å²) in [4.78, 5) is 41.9. The van der Waals surface area contributed by atoms with Crippen molar-refractivity contribution < 1.29 is 14.3 Å². The van der Waals surface area contributed by atoms with Crippen molar-refractivity contribution in [2.24, 2.45) is 5.73 Å². The highest BCUT2D eigenvalue weighted by atomic mass is 16.5. The van der Waals surface area contributed by atoms with Gasteiger partial charge in [-0.1, -0.05) is 12.8 Å². The number of hydrogen-bond acceptors (Lipinski definition) is 9. The number of ether oxygens (including phenoxy) is 1. The minimum Gasteiger partial charge on any atom is -0.465 e. The van der Waals surface area contributed by atoms with E-state index in [1.807, 2.05) is 18.3 Å². The van der Waals surface area contributed by atoms with Crippen LogP contribution >= 0.6 is 0 Å². The topological polar surface area (TPSA) is 139 Å². The van der Waals surface area contributed by atoms with Crippen molar-refractivity contribution in [3.63, 3.8) is 0 Å². The van der Waals surface area contributed by atoms with Gasteiger partial charge in [0.15, 0.2) is 11.6 Å². The van der Waals surface area contributed by atoms with Gasteiger partial charge in [0.1, 0.15) is 5.82 Å². The molecule has 11 nitrogen and oxygen atoms in total. The second kappa shape index (κ2) is 8.58. The predicted molar refractivity (Wildman–Crippen MR) is 118 cm³/mol. The molecule has 0 bridgehead atoms. The standard InChI is InChI=1S/C21H26N8O3/c22-18(30)17-20(31)29(13-3-1-2-4-13)19-15(32-17)12-25-21(27-19)26-16-6-5-14(11-24-16)28-9-7-23-8-10-28/h5-6,11-13,17,23H,1-4,7-10H2,(H2,22,30)(H,24,25,26,27). The lowest BCUT2D eigenvalue weighted by Crippen LogP contribution is -2.55. The lowest BCUT2D eigenvalue weighted by atomic mass is 10.1. The molecule has 1 saturated heterocycles. The molecule has 2 aliphatic heterocycles. The molecule has 32 heavy (non-hydrogen) atoms. The molecule has 3 aliphatic rings. The average Bonchev–Trinajstić information content (AvgIpc) is 3.34. The molecular formula is C21H26N8O3. The molecule has 11 heteroatoms. The van der Waals surface area contributed by atoms with Crippen molar-refractivity contribution in [3.8, 4) is 5.75 Å². The van der Waals surface area contributed by atoms with Crippen molar-refractivity contribution in [1.82, 2.24) is 20.3 Å². The van der Waals surface area contributed by atoms with Crippen molar-refractivity contribution in [2.75, 3.05) is 41.3 Å². The van der Waals surface area contributed by atoms with Crippen molar-refractivity contribution in [3.05, 3.63) is 24.5 Å². The third-order valence-corrected chi connectivity index (χ3v) is 6.09. The van der Waals surface area contributed by atoms with Gasteiger partial charge in [-0.05, 0) is 25.0 Å². The molecule has 1 unspecified atom stereocenters. The van der Waals surface area contributed by atoms with Gasteiger partial charge >= 0.3 is 0 Å². The second-order valence-electron chi connectivity index (χ2n) is 8.19. The maximum Gasteiger partial charge on any atom is 0.279 e. The minimum atomic E-state index is -1.36. The first-order valence-corrected chi connectivity index (χ1v) is 10.9. The Kier molecular flexibility index (Phi) is 5.48. The van der Waals surface area contributed by atoms with E-state index in [1.165, 1.54) is 6.20 Å². The SMILES string of the molecule is NC(=O)C1Oc2cnc(Nc3ccc(N4CCNCC4)cn3)nc2N(C2CCCC2)C1=O. The summed E-state index contributed by atoms with van der Waals surface area (Å²) in [6.07, 6.45) is 5.66. The maximum atomic E-state index is 13.0. The number of pyridine rings is 1. The van der Waals surface area contributed by atoms with Gasteiger partial charge in [0, 0.05) is 32.2 Å². The number of fused-ring (bicyclic) bond motifs is 1. The van der Waals surface area contributed by atoms with Crippen molar-refractivity contribution in [2.45, 2.75) is 37.8 Å². The van der Waals surface area contributed by atoms with E-state index < -0.39 is 17.9 Å². The summed E-state index contributed by atoms with van der Waals surface area (Å²) < 4.78 is 5.54. The number of primary amides is 1. The van der Waals surface area contributed by atoms with Gasteiger partial charge in [0.2, 0.25) is 5.95 Å². The van der Waals surface area contributed by atoms with Crippen molar-refractivity contribution in [1.29, 1.82) is 0 Å². The lowest BCUT2D eigenvalue weighted by Gasteiger charge is -2.35. The first-order chi connectivity index (χ1) is 15.6. The van der Waals surface area contributed by atoms with E-state index in [4.69, 9.17) is 10.5 Å². The van der Waals surface area contributed by atoms with Crippen LogP contribution in [0.4, 0.5) is 23.3 Å². The van der Waals surface area contributed by atoms with Gasteiger partial charge in [-0.3, -0.25) is 14.5 Å². The van der Waals surface area contributed by atoms with Crippen LogP contribution in [-0.4, -0.2) is 65.1 Å². The summed E-state index contributed by atoms with van der Waals surface area (Å²) in [5, 5.41) is 6.43. The molecule has 4 heterocycles. The number of anilines is 4. The number of hydrogen-bond donors (Lipinski definition) is 3. The van der Waals surface area contributed by atoms with E-state index in [0.717, 1.165) is 57.5 Å². The fourth-order valence-corrected chi connectivity index (χ4v) is 4.47. The summed E-state index contributed by atoms with van der Waals surface area (Å²) >= 11 is 0. The van der Waals surface area contributed by atoms with E-state index >= 15 is 0 Å². The lowest BCUT2D eigenvalue weighted by molar-refractivity contribution is -0.137. The van der Waals surface area contributed by atoms with Crippen LogP contribution in [-0.2, 0) is 9.59 Å². The molecule has 1 saturated carbocycles. The summed E-state index contributed by atoms with van der Waals surface area (Å²) in [6.45, 7) is 3.80. The molecule has 1 aliphatic carbocycles. The third-order valence-electron chi connectivity index (χ3n) is 6.09. The molecule has 0 aromatic carbocycles. The summed E-state index contributed by atoms with van der Waals surface area (Å²) in [6, 6.07) is 3.85. The highest BCUT2D eigenvalue weighted by Crippen LogP contribution is 2.37. The molecule has 2 aromatic rings. The second-order valence-corrected chi connectivity index (χ2v) is 8.19. The van der Waals surface area contributed by atoms with Crippen LogP contribution in [0.2, 0.25) is 0 Å².